The second-order valence-corrected chi connectivity index (χ2v) is 15.8. The summed E-state index contributed by atoms with van der Waals surface area (Å²) < 4.78 is 73.0. The molecule has 0 unspecified atom stereocenters. The van der Waals surface area contributed by atoms with Crippen LogP contribution in [-0.4, -0.2) is 75.2 Å². The van der Waals surface area contributed by atoms with Crippen LogP contribution in [-0.2, 0) is 33.1 Å². The maximum atomic E-state index is 12.8. The van der Waals surface area contributed by atoms with Crippen LogP contribution in [0.4, 0.5) is 0 Å². The summed E-state index contributed by atoms with van der Waals surface area (Å²) in [6.07, 6.45) is 20.1. The van der Waals surface area contributed by atoms with Gasteiger partial charge in [-0.1, -0.05) is 141 Å². The van der Waals surface area contributed by atoms with Gasteiger partial charge >= 0.3 is 37.7 Å². The molecule has 0 N–H and O–H groups in total. The third kappa shape index (κ3) is 18.3. The number of hydrogen-bond acceptors (Lipinski definition) is 8. The Morgan fingerprint density at radius 2 is 0.776 bits per heavy atom. The number of ketones is 2. The molecule has 0 atom stereocenters. The van der Waals surface area contributed by atoms with Crippen LogP contribution >= 0.6 is 0 Å². The first-order valence-corrected chi connectivity index (χ1v) is 20.9. The second-order valence-electron chi connectivity index (χ2n) is 13.1. The molecule has 0 fully saturated rings. The topological polar surface area (TPSA) is 149 Å². The van der Waals surface area contributed by atoms with E-state index in [1.165, 1.54) is 88.5 Å². The number of benzene rings is 2. The Kier molecular flexibility index (Phi) is 23.4. The molecule has 0 aromatic heterocycles. The predicted molar refractivity (Wildman–Crippen MR) is 194 cm³/mol. The van der Waals surface area contributed by atoms with Gasteiger partial charge in [-0.25, -0.2) is 16.8 Å². The van der Waals surface area contributed by atoms with E-state index in [0.717, 1.165) is 50.7 Å². The van der Waals surface area contributed by atoms with Gasteiger partial charge in [0.05, 0.1) is 9.79 Å². The Labute approximate surface area is 326 Å². The molecule has 0 aliphatic carbocycles. The molecular weight excluding hydrogens is 689 g/mol. The Morgan fingerprint density at radius 3 is 1.06 bits per heavy atom. The molecule has 2 aromatic carbocycles. The number of carbonyl (C=O) groups is 2. The zero-order valence-electron chi connectivity index (χ0n) is 29.8. The Hall–Kier alpha value is -1.14. The largest absolute Gasteiger partial charge is 2.00 e. The molecule has 2 rings (SSSR count). The fourth-order valence-corrected chi connectivity index (χ4v) is 7.61. The van der Waals surface area contributed by atoms with Gasteiger partial charge in [-0.05, 0) is 48.9 Å². The molecule has 0 heterocycles. The standard InChI is InChI=1S/C38H58O8S2.Ca/c1-3-5-7-9-11-13-15-17-19-21-35(39)33-27-25-31(37(29-33)47(41,42)43)23-24-32-26-28-34(30-38(32)48(44,45)46)36(40)22-20-18-16-14-12-10-8-6-4-2;/h25-30H,3-24H2,1-2H3,(H,41,42,43)(H,44,45,46);/q;+2/p-2. The summed E-state index contributed by atoms with van der Waals surface area (Å²) in [5, 5.41) is 0. The van der Waals surface area contributed by atoms with Gasteiger partial charge < -0.3 is 9.11 Å². The van der Waals surface area contributed by atoms with Crippen molar-refractivity contribution < 1.29 is 35.5 Å². The van der Waals surface area contributed by atoms with Crippen molar-refractivity contribution >= 4 is 69.5 Å². The smallest absolute Gasteiger partial charge is 0.744 e. The minimum absolute atomic E-state index is 0. The van der Waals surface area contributed by atoms with E-state index in [0.29, 0.717) is 12.8 Å². The number of Topliss-reactive ketones (excluding diaryl/α,β-unsaturated/α-hetero) is 2. The number of aryl methyl sites for hydroxylation is 2. The Morgan fingerprint density at radius 1 is 0.490 bits per heavy atom. The van der Waals surface area contributed by atoms with E-state index < -0.39 is 30.0 Å². The van der Waals surface area contributed by atoms with Gasteiger partial charge in [0.25, 0.3) is 0 Å². The fraction of sp³-hybridized carbons (Fsp3) is 0.632. The van der Waals surface area contributed by atoms with E-state index in [2.05, 4.69) is 13.8 Å². The zero-order valence-corrected chi connectivity index (χ0v) is 33.7. The first-order chi connectivity index (χ1) is 22.9. The minimum atomic E-state index is -4.94. The van der Waals surface area contributed by atoms with E-state index in [1.54, 1.807) is 0 Å². The molecule has 0 saturated carbocycles. The average Bonchev–Trinajstić information content (AvgIpc) is 3.04. The molecule has 0 radical (unpaired) electrons. The van der Waals surface area contributed by atoms with Crippen molar-refractivity contribution in [2.24, 2.45) is 0 Å². The maximum Gasteiger partial charge on any atom is 2.00 e. The van der Waals surface area contributed by atoms with Gasteiger partial charge in [-0.2, -0.15) is 0 Å². The summed E-state index contributed by atoms with van der Waals surface area (Å²) in [4.78, 5) is 24.5. The van der Waals surface area contributed by atoms with Gasteiger partial charge in [0.1, 0.15) is 20.2 Å². The van der Waals surface area contributed by atoms with Crippen LogP contribution in [0.25, 0.3) is 0 Å². The van der Waals surface area contributed by atoms with E-state index in [9.17, 15) is 35.5 Å². The SMILES string of the molecule is CCCCCCCCCCCC(=O)c1ccc(CCc2ccc(C(=O)CCCCCCCCCCC)cc2S(=O)(=O)[O-])c(S(=O)(=O)[O-])c1.[Ca+2]. The van der Waals surface area contributed by atoms with Crippen molar-refractivity contribution in [1.29, 1.82) is 0 Å². The van der Waals surface area contributed by atoms with Crippen LogP contribution in [0.5, 0.6) is 0 Å². The molecule has 11 heteroatoms. The first kappa shape index (κ1) is 45.9. The summed E-state index contributed by atoms with van der Waals surface area (Å²) in [5.41, 5.74) is 0.546. The fourth-order valence-electron chi connectivity index (χ4n) is 6.08. The quantitative estimate of drug-likeness (QED) is 0.0381. The van der Waals surface area contributed by atoms with Crippen LogP contribution in [0.3, 0.4) is 0 Å². The molecule has 8 nitrogen and oxygen atoms in total. The van der Waals surface area contributed by atoms with Gasteiger partial charge in [0, 0.05) is 24.0 Å². The third-order valence-electron chi connectivity index (χ3n) is 9.00. The summed E-state index contributed by atoms with van der Waals surface area (Å²) in [6.45, 7) is 4.37. The maximum absolute atomic E-state index is 12.8. The van der Waals surface area contributed by atoms with Crippen molar-refractivity contribution in [3.05, 3.63) is 58.7 Å². The normalized spacial score (nSPS) is 11.8. The summed E-state index contributed by atoms with van der Waals surface area (Å²) >= 11 is 0. The summed E-state index contributed by atoms with van der Waals surface area (Å²) in [6, 6.07) is 7.99. The molecule has 270 valence electrons. The molecular formula is C38H56CaO8S2. The van der Waals surface area contributed by atoms with E-state index in [-0.39, 0.29) is 97.2 Å². The first-order valence-electron chi connectivity index (χ1n) is 18.1. The number of unbranched alkanes of at least 4 members (excludes halogenated alkanes) is 16. The Balaban J connectivity index is 0.0000120. The molecule has 2 aromatic rings. The van der Waals surface area contributed by atoms with Crippen molar-refractivity contribution in [2.45, 2.75) is 165 Å². The van der Waals surface area contributed by atoms with Crippen LogP contribution < -0.4 is 0 Å². The predicted octanol–water partition coefficient (Wildman–Crippen LogP) is 9.11. The van der Waals surface area contributed by atoms with E-state index >= 15 is 0 Å². The van der Waals surface area contributed by atoms with Crippen molar-refractivity contribution in [3.63, 3.8) is 0 Å². The van der Waals surface area contributed by atoms with Crippen LogP contribution in [0.1, 0.15) is 174 Å². The van der Waals surface area contributed by atoms with Gasteiger partial charge in [-0.3, -0.25) is 9.59 Å². The van der Waals surface area contributed by atoms with Gasteiger partial charge in [0.2, 0.25) is 0 Å². The van der Waals surface area contributed by atoms with Gasteiger partial charge in [-0.15, -0.1) is 0 Å². The zero-order chi connectivity index (χ0) is 35.4. The summed E-state index contributed by atoms with van der Waals surface area (Å²) in [7, 11) is -9.88. The summed E-state index contributed by atoms with van der Waals surface area (Å²) in [5.74, 6) is -0.478. The van der Waals surface area contributed by atoms with Crippen molar-refractivity contribution in [1.82, 2.24) is 0 Å². The molecule has 0 amide bonds. The third-order valence-corrected chi connectivity index (χ3v) is 10.8. The molecule has 0 aliphatic heterocycles. The second kappa shape index (κ2) is 24.9. The van der Waals surface area contributed by atoms with E-state index in [1.807, 2.05) is 0 Å². The Bertz CT molecular complexity index is 1390. The molecule has 49 heavy (non-hydrogen) atoms. The molecule has 0 spiro atoms. The van der Waals surface area contributed by atoms with E-state index in [4.69, 9.17) is 0 Å². The average molecular weight is 745 g/mol. The van der Waals surface area contributed by atoms with Crippen LogP contribution in [0, 0.1) is 0 Å². The number of carbonyl (C=O) groups excluding carboxylic acids is 2. The van der Waals surface area contributed by atoms with Crippen LogP contribution in [0.2, 0.25) is 0 Å². The monoisotopic (exact) mass is 744 g/mol. The van der Waals surface area contributed by atoms with Crippen molar-refractivity contribution in [3.8, 4) is 0 Å². The van der Waals surface area contributed by atoms with Crippen molar-refractivity contribution in [2.75, 3.05) is 0 Å². The molecule has 0 saturated heterocycles. The molecule has 0 aliphatic rings. The number of hydrogen-bond donors (Lipinski definition) is 0. The van der Waals surface area contributed by atoms with Gasteiger partial charge in [0.15, 0.2) is 11.6 Å². The minimum Gasteiger partial charge on any atom is -0.744 e. The number of rotatable bonds is 27. The molecule has 0 bridgehead atoms. The van der Waals surface area contributed by atoms with Crippen LogP contribution in [0.15, 0.2) is 46.2 Å².